The number of hydrogen-bond donors (Lipinski definition) is 1. The maximum Gasteiger partial charge on any atom is 0.342 e. The van der Waals surface area contributed by atoms with Crippen molar-refractivity contribution in [3.63, 3.8) is 0 Å². The number of rotatable bonds is 4. The lowest BCUT2D eigenvalue weighted by Crippen LogP contribution is -2.17. The van der Waals surface area contributed by atoms with Crippen LogP contribution < -0.4 is 10.3 Å². The van der Waals surface area contributed by atoms with Gasteiger partial charge < -0.3 is 14.6 Å². The van der Waals surface area contributed by atoms with Gasteiger partial charge in [0.2, 0.25) is 0 Å². The van der Waals surface area contributed by atoms with Crippen LogP contribution in [-0.2, 0) is 11.3 Å². The van der Waals surface area contributed by atoms with Crippen LogP contribution in [0.15, 0.2) is 47.4 Å². The zero-order chi connectivity index (χ0) is 18.0. The molecular formula is C18H16N2O5. The molecule has 2 aromatic heterocycles. The van der Waals surface area contributed by atoms with E-state index in [1.54, 1.807) is 18.3 Å². The summed E-state index contributed by atoms with van der Waals surface area (Å²) in [6.07, 6.45) is 1.63. The molecule has 3 aromatic rings. The van der Waals surface area contributed by atoms with Gasteiger partial charge in [-0.1, -0.05) is 12.1 Å². The van der Waals surface area contributed by atoms with Crippen molar-refractivity contribution < 1.29 is 19.4 Å². The predicted molar refractivity (Wildman–Crippen MR) is 90.0 cm³/mol. The summed E-state index contributed by atoms with van der Waals surface area (Å²) < 4.78 is 11.6. The highest BCUT2D eigenvalue weighted by molar-refractivity contribution is 5.93. The number of nitrogens with zero attached hydrogens (tertiary/aromatic N) is 2. The van der Waals surface area contributed by atoms with E-state index in [1.165, 1.54) is 29.7 Å². The van der Waals surface area contributed by atoms with Gasteiger partial charge in [0.1, 0.15) is 17.8 Å². The minimum atomic E-state index is -0.733. The van der Waals surface area contributed by atoms with E-state index in [4.69, 9.17) is 9.47 Å². The summed E-state index contributed by atoms with van der Waals surface area (Å²) in [4.78, 5) is 28.7. The second-order valence-corrected chi connectivity index (χ2v) is 5.40. The van der Waals surface area contributed by atoms with Crippen LogP contribution in [0.5, 0.6) is 11.5 Å². The molecule has 0 amide bonds. The van der Waals surface area contributed by atoms with Crippen molar-refractivity contribution in [3.05, 3.63) is 69.8 Å². The summed E-state index contributed by atoms with van der Waals surface area (Å²) in [5, 5.41) is 9.98. The van der Waals surface area contributed by atoms with E-state index in [0.717, 1.165) is 5.56 Å². The summed E-state index contributed by atoms with van der Waals surface area (Å²) in [5.74, 6) is -0.854. The Morgan fingerprint density at radius 1 is 1.28 bits per heavy atom. The van der Waals surface area contributed by atoms with Crippen LogP contribution in [0.3, 0.4) is 0 Å². The first-order valence-electron chi connectivity index (χ1n) is 7.52. The predicted octanol–water partition coefficient (Wildman–Crippen LogP) is 2.07. The average molecular weight is 340 g/mol. The molecule has 0 unspecified atom stereocenters. The number of methoxy groups -OCH3 is 1. The molecule has 0 radical (unpaired) electrons. The molecule has 0 spiro atoms. The smallest absolute Gasteiger partial charge is 0.342 e. The zero-order valence-electron chi connectivity index (χ0n) is 13.7. The zero-order valence-corrected chi connectivity index (χ0v) is 13.7. The molecule has 2 heterocycles. The SMILES string of the molecule is COc1cccc(C(=O)OCc2cc(=O)n3cccc(C)c3n2)c1O. The highest BCUT2D eigenvalue weighted by atomic mass is 16.5. The summed E-state index contributed by atoms with van der Waals surface area (Å²) in [6.45, 7) is 1.65. The number of esters is 1. The number of aromatic hydroxyl groups is 1. The first kappa shape index (κ1) is 16.5. The highest BCUT2D eigenvalue weighted by Gasteiger charge is 2.16. The van der Waals surface area contributed by atoms with Gasteiger partial charge >= 0.3 is 5.97 Å². The van der Waals surface area contributed by atoms with Gasteiger partial charge in [0.15, 0.2) is 11.5 Å². The van der Waals surface area contributed by atoms with Gasteiger partial charge in [0.05, 0.1) is 12.8 Å². The number of fused-ring (bicyclic) bond motifs is 1. The van der Waals surface area contributed by atoms with Crippen molar-refractivity contribution in [1.29, 1.82) is 0 Å². The summed E-state index contributed by atoms with van der Waals surface area (Å²) in [7, 11) is 1.39. The van der Waals surface area contributed by atoms with Gasteiger partial charge in [-0.25, -0.2) is 9.78 Å². The van der Waals surface area contributed by atoms with Crippen LogP contribution in [0.2, 0.25) is 0 Å². The molecule has 0 aliphatic rings. The van der Waals surface area contributed by atoms with Gasteiger partial charge in [0, 0.05) is 12.3 Å². The monoisotopic (exact) mass is 340 g/mol. The molecule has 0 bridgehead atoms. The lowest BCUT2D eigenvalue weighted by molar-refractivity contribution is 0.0463. The van der Waals surface area contributed by atoms with E-state index in [0.29, 0.717) is 11.3 Å². The van der Waals surface area contributed by atoms with Crippen LogP contribution in [-0.4, -0.2) is 27.6 Å². The Bertz CT molecular complexity index is 1010. The van der Waals surface area contributed by atoms with E-state index in [1.807, 2.05) is 13.0 Å². The number of ether oxygens (including phenoxy) is 2. The van der Waals surface area contributed by atoms with Crippen molar-refractivity contribution in [2.24, 2.45) is 0 Å². The topological polar surface area (TPSA) is 90.1 Å². The minimum absolute atomic E-state index is 0.0203. The highest BCUT2D eigenvalue weighted by Crippen LogP contribution is 2.29. The Morgan fingerprint density at radius 2 is 2.08 bits per heavy atom. The molecular weight excluding hydrogens is 324 g/mol. The maximum absolute atomic E-state index is 12.2. The fourth-order valence-electron chi connectivity index (χ4n) is 2.45. The van der Waals surface area contributed by atoms with E-state index in [9.17, 15) is 14.7 Å². The Kier molecular flexibility index (Phi) is 4.38. The number of carbonyl (C=O) groups is 1. The lowest BCUT2D eigenvalue weighted by atomic mass is 10.2. The molecule has 0 aliphatic heterocycles. The molecule has 1 aromatic carbocycles. The molecule has 25 heavy (non-hydrogen) atoms. The number of aryl methyl sites for hydroxylation is 1. The van der Waals surface area contributed by atoms with E-state index >= 15 is 0 Å². The quantitative estimate of drug-likeness (QED) is 0.731. The van der Waals surface area contributed by atoms with E-state index < -0.39 is 5.97 Å². The second kappa shape index (κ2) is 6.64. The number of pyridine rings is 1. The van der Waals surface area contributed by atoms with Crippen LogP contribution in [0, 0.1) is 6.92 Å². The fourth-order valence-corrected chi connectivity index (χ4v) is 2.45. The lowest BCUT2D eigenvalue weighted by Gasteiger charge is -2.09. The number of phenols is 1. The summed E-state index contributed by atoms with van der Waals surface area (Å²) in [5.41, 5.74) is 1.38. The van der Waals surface area contributed by atoms with Gasteiger partial charge in [-0.15, -0.1) is 0 Å². The normalized spacial score (nSPS) is 10.6. The van der Waals surface area contributed by atoms with Crippen LogP contribution >= 0.6 is 0 Å². The molecule has 0 saturated carbocycles. The third kappa shape index (κ3) is 3.16. The Morgan fingerprint density at radius 3 is 2.84 bits per heavy atom. The van der Waals surface area contributed by atoms with Crippen LogP contribution in [0.25, 0.3) is 5.65 Å². The Balaban J connectivity index is 1.85. The Hall–Kier alpha value is -3.35. The van der Waals surface area contributed by atoms with Gasteiger partial charge in [-0.3, -0.25) is 9.20 Å². The van der Waals surface area contributed by atoms with Crippen molar-refractivity contribution >= 4 is 11.6 Å². The van der Waals surface area contributed by atoms with Gasteiger partial charge in [0.25, 0.3) is 5.56 Å². The molecule has 0 fully saturated rings. The fraction of sp³-hybridized carbons (Fsp3) is 0.167. The molecule has 3 rings (SSSR count). The molecule has 128 valence electrons. The largest absolute Gasteiger partial charge is 0.504 e. The standard InChI is InChI=1S/C18H16N2O5/c1-11-5-4-8-20-15(21)9-12(19-17(11)20)10-25-18(23)13-6-3-7-14(24-2)16(13)22/h3-9,22H,10H2,1-2H3. The maximum atomic E-state index is 12.2. The number of benzene rings is 1. The number of para-hydroxylation sites is 1. The number of hydrogen-bond acceptors (Lipinski definition) is 6. The van der Waals surface area contributed by atoms with Gasteiger partial charge in [-0.2, -0.15) is 0 Å². The van der Waals surface area contributed by atoms with Gasteiger partial charge in [-0.05, 0) is 30.7 Å². The summed E-state index contributed by atoms with van der Waals surface area (Å²) >= 11 is 0. The molecule has 0 atom stereocenters. The molecule has 7 heteroatoms. The van der Waals surface area contributed by atoms with Crippen molar-refractivity contribution in [2.75, 3.05) is 7.11 Å². The molecule has 0 aliphatic carbocycles. The number of phenolic OH excluding ortho intramolecular Hbond substituents is 1. The van der Waals surface area contributed by atoms with Crippen LogP contribution in [0.1, 0.15) is 21.6 Å². The molecule has 0 saturated heterocycles. The van der Waals surface area contributed by atoms with Crippen LogP contribution in [0.4, 0.5) is 0 Å². The van der Waals surface area contributed by atoms with Crippen molar-refractivity contribution in [3.8, 4) is 11.5 Å². The Labute approximate surface area is 143 Å². The van der Waals surface area contributed by atoms with Crippen molar-refractivity contribution in [1.82, 2.24) is 9.38 Å². The summed E-state index contributed by atoms with van der Waals surface area (Å²) in [6, 6.07) is 9.43. The third-order valence-corrected chi connectivity index (χ3v) is 3.73. The minimum Gasteiger partial charge on any atom is -0.504 e. The second-order valence-electron chi connectivity index (χ2n) is 5.40. The van der Waals surface area contributed by atoms with Crippen molar-refractivity contribution in [2.45, 2.75) is 13.5 Å². The third-order valence-electron chi connectivity index (χ3n) is 3.73. The molecule has 7 nitrogen and oxygen atoms in total. The first-order valence-corrected chi connectivity index (χ1v) is 7.52. The van der Waals surface area contributed by atoms with E-state index in [2.05, 4.69) is 4.98 Å². The molecule has 1 N–H and O–H groups in total. The van der Waals surface area contributed by atoms with E-state index in [-0.39, 0.29) is 29.2 Å². The first-order chi connectivity index (χ1) is 12.0. The number of carbonyl (C=O) groups excluding carboxylic acids is 1. The average Bonchev–Trinajstić information content (AvgIpc) is 2.61. The number of aromatic nitrogens is 2.